The normalized spacial score (nSPS) is 10.9. The van der Waals surface area contributed by atoms with E-state index in [-0.39, 0.29) is 0 Å². The molecular formula is C14H19N3. The molecule has 90 valence electrons. The summed E-state index contributed by atoms with van der Waals surface area (Å²) in [6.45, 7) is 8.86. The smallest absolute Gasteiger partial charge is 0.0696 e. The molecule has 0 saturated carbocycles. The molecule has 0 atom stereocenters. The Morgan fingerprint density at radius 2 is 1.88 bits per heavy atom. The van der Waals surface area contributed by atoms with E-state index in [4.69, 9.17) is 5.73 Å². The topological polar surface area (TPSA) is 43.8 Å². The third-order valence-electron chi connectivity index (χ3n) is 3.34. The van der Waals surface area contributed by atoms with Crippen molar-refractivity contribution in [1.82, 2.24) is 9.78 Å². The molecule has 0 bridgehead atoms. The van der Waals surface area contributed by atoms with Gasteiger partial charge in [0.25, 0.3) is 0 Å². The zero-order valence-corrected chi connectivity index (χ0v) is 10.9. The fourth-order valence-electron chi connectivity index (χ4n) is 2.00. The first-order valence-electron chi connectivity index (χ1n) is 5.87. The Morgan fingerprint density at radius 1 is 1.18 bits per heavy atom. The third kappa shape index (κ3) is 1.98. The average molecular weight is 229 g/mol. The van der Waals surface area contributed by atoms with E-state index in [1.165, 1.54) is 16.8 Å². The molecule has 1 aromatic heterocycles. The van der Waals surface area contributed by atoms with Crippen LogP contribution in [0.25, 0.3) is 5.69 Å². The molecule has 0 aliphatic rings. The first kappa shape index (κ1) is 11.9. The van der Waals surface area contributed by atoms with Crippen LogP contribution in [0, 0.1) is 27.7 Å². The van der Waals surface area contributed by atoms with Gasteiger partial charge in [0.1, 0.15) is 0 Å². The zero-order valence-electron chi connectivity index (χ0n) is 10.9. The van der Waals surface area contributed by atoms with Crippen molar-refractivity contribution in [3.63, 3.8) is 0 Å². The fourth-order valence-corrected chi connectivity index (χ4v) is 2.00. The lowest BCUT2D eigenvalue weighted by Gasteiger charge is -2.11. The summed E-state index contributed by atoms with van der Waals surface area (Å²) in [5.41, 5.74) is 12.7. The van der Waals surface area contributed by atoms with Gasteiger partial charge in [0.15, 0.2) is 0 Å². The minimum absolute atomic E-state index is 0.535. The third-order valence-corrected chi connectivity index (χ3v) is 3.34. The molecule has 3 heteroatoms. The molecule has 0 aliphatic heterocycles. The SMILES string of the molecule is Cc1ccc(CN)c(-n2nc(C)c(C)c2C)c1. The summed E-state index contributed by atoms with van der Waals surface area (Å²) in [5, 5.41) is 4.59. The summed E-state index contributed by atoms with van der Waals surface area (Å²) >= 11 is 0. The molecule has 0 amide bonds. The van der Waals surface area contributed by atoms with Crippen molar-refractivity contribution >= 4 is 0 Å². The molecule has 2 aromatic rings. The Kier molecular flexibility index (Phi) is 3.03. The highest BCUT2D eigenvalue weighted by Crippen LogP contribution is 2.21. The predicted octanol–water partition coefficient (Wildman–Crippen LogP) is 2.56. The number of benzene rings is 1. The molecule has 0 aliphatic carbocycles. The Bertz CT molecular complexity index is 553. The van der Waals surface area contributed by atoms with Gasteiger partial charge in [-0.1, -0.05) is 12.1 Å². The van der Waals surface area contributed by atoms with Gasteiger partial charge >= 0.3 is 0 Å². The van der Waals surface area contributed by atoms with E-state index >= 15 is 0 Å². The summed E-state index contributed by atoms with van der Waals surface area (Å²) < 4.78 is 2.00. The van der Waals surface area contributed by atoms with Crippen molar-refractivity contribution in [2.45, 2.75) is 34.2 Å². The van der Waals surface area contributed by atoms with Crippen molar-refractivity contribution in [2.24, 2.45) is 5.73 Å². The molecule has 0 spiro atoms. The van der Waals surface area contributed by atoms with Gasteiger partial charge in [0, 0.05) is 12.2 Å². The molecule has 0 saturated heterocycles. The van der Waals surface area contributed by atoms with Gasteiger partial charge in [0.2, 0.25) is 0 Å². The second-order valence-electron chi connectivity index (χ2n) is 4.54. The lowest BCUT2D eigenvalue weighted by molar-refractivity contribution is 0.816. The lowest BCUT2D eigenvalue weighted by atomic mass is 10.1. The van der Waals surface area contributed by atoms with Crippen LogP contribution in [0.3, 0.4) is 0 Å². The van der Waals surface area contributed by atoms with E-state index in [0.29, 0.717) is 6.54 Å². The first-order chi connectivity index (χ1) is 8.04. The predicted molar refractivity (Wildman–Crippen MR) is 70.4 cm³/mol. The summed E-state index contributed by atoms with van der Waals surface area (Å²) in [4.78, 5) is 0. The molecule has 0 radical (unpaired) electrons. The van der Waals surface area contributed by atoms with Crippen LogP contribution in [-0.2, 0) is 6.54 Å². The molecule has 3 nitrogen and oxygen atoms in total. The summed E-state index contributed by atoms with van der Waals surface area (Å²) in [7, 11) is 0. The van der Waals surface area contributed by atoms with Crippen molar-refractivity contribution < 1.29 is 0 Å². The number of aromatic nitrogens is 2. The highest BCUT2D eigenvalue weighted by atomic mass is 15.3. The second kappa shape index (κ2) is 4.34. The van der Waals surface area contributed by atoms with Crippen LogP contribution in [0.2, 0.25) is 0 Å². The monoisotopic (exact) mass is 229 g/mol. The van der Waals surface area contributed by atoms with Gasteiger partial charge in [-0.3, -0.25) is 0 Å². The standard InChI is InChI=1S/C14H19N3/c1-9-5-6-13(8-15)14(7-9)17-12(4)10(2)11(3)16-17/h5-7H,8,15H2,1-4H3. The zero-order chi connectivity index (χ0) is 12.6. The van der Waals surface area contributed by atoms with Crippen LogP contribution >= 0.6 is 0 Å². The molecule has 2 rings (SSSR count). The first-order valence-corrected chi connectivity index (χ1v) is 5.87. The van der Waals surface area contributed by atoms with E-state index in [1.807, 2.05) is 11.6 Å². The maximum atomic E-state index is 5.79. The second-order valence-corrected chi connectivity index (χ2v) is 4.54. The van der Waals surface area contributed by atoms with E-state index in [2.05, 4.69) is 44.1 Å². The van der Waals surface area contributed by atoms with Crippen molar-refractivity contribution in [3.8, 4) is 5.69 Å². The Balaban J connectivity index is 2.67. The van der Waals surface area contributed by atoms with Crippen LogP contribution in [0.15, 0.2) is 18.2 Å². The number of hydrogen-bond acceptors (Lipinski definition) is 2. The van der Waals surface area contributed by atoms with Gasteiger partial charge in [0.05, 0.1) is 11.4 Å². The Hall–Kier alpha value is -1.61. The number of hydrogen-bond donors (Lipinski definition) is 1. The maximum Gasteiger partial charge on any atom is 0.0696 e. The summed E-state index contributed by atoms with van der Waals surface area (Å²) in [5.74, 6) is 0. The molecule has 1 aromatic carbocycles. The molecule has 2 N–H and O–H groups in total. The lowest BCUT2D eigenvalue weighted by Crippen LogP contribution is -2.07. The number of nitrogens with two attached hydrogens (primary N) is 1. The van der Waals surface area contributed by atoms with Crippen LogP contribution in [0.1, 0.15) is 28.1 Å². The number of rotatable bonds is 2. The van der Waals surface area contributed by atoms with Crippen LogP contribution < -0.4 is 5.73 Å². The van der Waals surface area contributed by atoms with Crippen molar-refractivity contribution in [3.05, 3.63) is 46.3 Å². The minimum atomic E-state index is 0.535. The van der Waals surface area contributed by atoms with Crippen LogP contribution in [0.5, 0.6) is 0 Å². The average Bonchev–Trinajstić information content (AvgIpc) is 2.57. The van der Waals surface area contributed by atoms with E-state index < -0.39 is 0 Å². The van der Waals surface area contributed by atoms with Crippen molar-refractivity contribution in [2.75, 3.05) is 0 Å². The minimum Gasteiger partial charge on any atom is -0.326 e. The van der Waals surface area contributed by atoms with Crippen molar-refractivity contribution in [1.29, 1.82) is 0 Å². The quantitative estimate of drug-likeness (QED) is 0.860. The maximum absolute atomic E-state index is 5.79. The molecule has 17 heavy (non-hydrogen) atoms. The van der Waals surface area contributed by atoms with Crippen LogP contribution in [-0.4, -0.2) is 9.78 Å². The molecule has 0 unspecified atom stereocenters. The van der Waals surface area contributed by atoms with Gasteiger partial charge in [-0.15, -0.1) is 0 Å². The van der Waals surface area contributed by atoms with Crippen LogP contribution in [0.4, 0.5) is 0 Å². The number of aryl methyl sites for hydroxylation is 2. The van der Waals surface area contributed by atoms with E-state index in [0.717, 1.165) is 16.9 Å². The van der Waals surface area contributed by atoms with Gasteiger partial charge in [-0.2, -0.15) is 5.10 Å². The Morgan fingerprint density at radius 3 is 2.41 bits per heavy atom. The molecule has 1 heterocycles. The molecule has 0 fully saturated rings. The Labute approximate surface area is 102 Å². The van der Waals surface area contributed by atoms with E-state index in [1.54, 1.807) is 0 Å². The summed E-state index contributed by atoms with van der Waals surface area (Å²) in [6, 6.07) is 6.31. The van der Waals surface area contributed by atoms with Gasteiger partial charge < -0.3 is 5.73 Å². The van der Waals surface area contributed by atoms with E-state index in [9.17, 15) is 0 Å². The van der Waals surface area contributed by atoms with Gasteiger partial charge in [-0.05, 0) is 50.5 Å². The molecular weight excluding hydrogens is 210 g/mol. The fraction of sp³-hybridized carbons (Fsp3) is 0.357. The summed E-state index contributed by atoms with van der Waals surface area (Å²) in [6.07, 6.45) is 0. The highest BCUT2D eigenvalue weighted by Gasteiger charge is 2.11. The number of nitrogens with zero attached hydrogens (tertiary/aromatic N) is 2. The van der Waals surface area contributed by atoms with Gasteiger partial charge in [-0.25, -0.2) is 4.68 Å². The largest absolute Gasteiger partial charge is 0.326 e. The highest BCUT2D eigenvalue weighted by molar-refractivity contribution is 5.45.